The van der Waals surface area contributed by atoms with Gasteiger partial charge in [-0.25, -0.2) is 14.8 Å². The number of aromatic nitrogens is 2. The molecular formula is C19H19N3O3S2. The predicted octanol–water partition coefficient (Wildman–Crippen LogP) is 4.13. The van der Waals surface area contributed by atoms with Crippen LogP contribution in [-0.2, 0) is 9.53 Å². The second-order valence-electron chi connectivity index (χ2n) is 6.01. The number of para-hydroxylation sites is 1. The van der Waals surface area contributed by atoms with Crippen LogP contribution < -0.4 is 5.32 Å². The second kappa shape index (κ2) is 8.06. The van der Waals surface area contributed by atoms with Crippen LogP contribution >= 0.6 is 23.1 Å². The van der Waals surface area contributed by atoms with Gasteiger partial charge in [0.25, 0.3) is 0 Å². The van der Waals surface area contributed by atoms with Crippen molar-refractivity contribution in [3.63, 3.8) is 0 Å². The smallest absolute Gasteiger partial charge is 0.350 e. The van der Waals surface area contributed by atoms with Crippen molar-refractivity contribution in [3.05, 3.63) is 46.0 Å². The number of hydrogen-bond acceptors (Lipinski definition) is 7. The van der Waals surface area contributed by atoms with Crippen LogP contribution in [0.2, 0.25) is 0 Å². The molecule has 0 saturated heterocycles. The monoisotopic (exact) mass is 401 g/mol. The number of rotatable bonds is 5. The van der Waals surface area contributed by atoms with E-state index in [0.717, 1.165) is 38.4 Å². The molecule has 0 spiro atoms. The lowest BCUT2D eigenvalue weighted by molar-refractivity contribution is -0.113. The van der Waals surface area contributed by atoms with E-state index in [1.807, 2.05) is 32.0 Å². The van der Waals surface area contributed by atoms with Gasteiger partial charge in [0.05, 0.1) is 29.1 Å². The third-order valence-corrected chi connectivity index (χ3v) is 5.95. The molecule has 0 aliphatic carbocycles. The summed E-state index contributed by atoms with van der Waals surface area (Å²) in [7, 11) is 1.32. The zero-order valence-electron chi connectivity index (χ0n) is 15.5. The van der Waals surface area contributed by atoms with E-state index >= 15 is 0 Å². The summed E-state index contributed by atoms with van der Waals surface area (Å²) >= 11 is 2.48. The first-order valence-corrected chi connectivity index (χ1v) is 10.0. The Morgan fingerprint density at radius 2 is 1.96 bits per heavy atom. The minimum absolute atomic E-state index is 0.200. The number of ether oxygens (including phenoxy) is 1. The van der Waals surface area contributed by atoms with Gasteiger partial charge in [-0.3, -0.25) is 4.79 Å². The molecule has 0 saturated carbocycles. The van der Waals surface area contributed by atoms with E-state index < -0.39 is 5.97 Å². The SMILES string of the molecule is COC(=O)c1sc(NC(=O)CSc2cc(C)c3cccc(C)c3n2)nc1C. The Balaban J connectivity index is 1.68. The number of hydrogen-bond donors (Lipinski definition) is 1. The third kappa shape index (κ3) is 4.28. The Hall–Kier alpha value is -2.45. The van der Waals surface area contributed by atoms with Crippen LogP contribution in [0.5, 0.6) is 0 Å². The summed E-state index contributed by atoms with van der Waals surface area (Å²) < 4.78 is 4.70. The average molecular weight is 402 g/mol. The molecule has 0 aliphatic heterocycles. The predicted molar refractivity (Wildman–Crippen MR) is 109 cm³/mol. The number of anilines is 1. The average Bonchev–Trinajstić information content (AvgIpc) is 3.00. The first-order chi connectivity index (χ1) is 12.9. The van der Waals surface area contributed by atoms with E-state index in [1.54, 1.807) is 6.92 Å². The summed E-state index contributed by atoms with van der Waals surface area (Å²) in [4.78, 5) is 33.2. The molecule has 2 aromatic heterocycles. The topological polar surface area (TPSA) is 81.2 Å². The van der Waals surface area contributed by atoms with Gasteiger partial charge in [0.1, 0.15) is 4.88 Å². The lowest BCUT2D eigenvalue weighted by Gasteiger charge is -2.08. The van der Waals surface area contributed by atoms with Crippen LogP contribution in [0.4, 0.5) is 5.13 Å². The maximum absolute atomic E-state index is 12.3. The van der Waals surface area contributed by atoms with Crippen molar-refractivity contribution in [1.29, 1.82) is 0 Å². The van der Waals surface area contributed by atoms with E-state index in [4.69, 9.17) is 4.74 Å². The fourth-order valence-electron chi connectivity index (χ4n) is 2.63. The highest BCUT2D eigenvalue weighted by Crippen LogP contribution is 2.27. The number of pyridine rings is 1. The number of nitrogens with zero attached hydrogens (tertiary/aromatic N) is 2. The van der Waals surface area contributed by atoms with Gasteiger partial charge in [0.15, 0.2) is 5.13 Å². The minimum atomic E-state index is -0.453. The van der Waals surface area contributed by atoms with Crippen LogP contribution in [0, 0.1) is 20.8 Å². The van der Waals surface area contributed by atoms with E-state index in [1.165, 1.54) is 18.9 Å². The molecule has 0 unspecified atom stereocenters. The van der Waals surface area contributed by atoms with Crippen molar-refractivity contribution < 1.29 is 14.3 Å². The third-order valence-electron chi connectivity index (χ3n) is 3.99. The minimum Gasteiger partial charge on any atom is -0.465 e. The molecule has 0 aliphatic rings. The fraction of sp³-hybridized carbons (Fsp3) is 0.263. The Morgan fingerprint density at radius 1 is 1.19 bits per heavy atom. The Morgan fingerprint density at radius 3 is 2.70 bits per heavy atom. The number of fused-ring (bicyclic) bond motifs is 1. The number of aryl methyl sites for hydroxylation is 3. The second-order valence-corrected chi connectivity index (χ2v) is 8.01. The summed E-state index contributed by atoms with van der Waals surface area (Å²) in [5.41, 5.74) is 3.73. The number of esters is 1. The fourth-order valence-corrected chi connectivity index (χ4v) is 4.30. The molecule has 0 atom stereocenters. The highest BCUT2D eigenvalue weighted by Gasteiger charge is 2.17. The number of thioether (sulfide) groups is 1. The van der Waals surface area contributed by atoms with E-state index in [9.17, 15) is 9.59 Å². The molecule has 8 heteroatoms. The summed E-state index contributed by atoms with van der Waals surface area (Å²) in [5.74, 6) is -0.448. The van der Waals surface area contributed by atoms with E-state index in [-0.39, 0.29) is 11.7 Å². The summed E-state index contributed by atoms with van der Waals surface area (Å²) in [6.07, 6.45) is 0. The van der Waals surface area contributed by atoms with Crippen molar-refractivity contribution in [1.82, 2.24) is 9.97 Å². The number of carbonyl (C=O) groups excluding carboxylic acids is 2. The van der Waals surface area contributed by atoms with Gasteiger partial charge in [0, 0.05) is 5.39 Å². The molecule has 1 N–H and O–H groups in total. The Bertz CT molecular complexity index is 1030. The molecule has 140 valence electrons. The van der Waals surface area contributed by atoms with Crippen molar-refractivity contribution in [2.45, 2.75) is 25.8 Å². The molecule has 27 heavy (non-hydrogen) atoms. The molecular weight excluding hydrogens is 382 g/mol. The van der Waals surface area contributed by atoms with Crippen molar-refractivity contribution in [3.8, 4) is 0 Å². The van der Waals surface area contributed by atoms with Gasteiger partial charge in [-0.15, -0.1) is 0 Å². The molecule has 1 aromatic carbocycles. The summed E-state index contributed by atoms with van der Waals surface area (Å²) in [6, 6.07) is 8.09. The number of nitrogens with one attached hydrogen (secondary N) is 1. The largest absolute Gasteiger partial charge is 0.465 e. The number of benzene rings is 1. The summed E-state index contributed by atoms with van der Waals surface area (Å²) in [6.45, 7) is 5.77. The van der Waals surface area contributed by atoms with Gasteiger partial charge < -0.3 is 10.1 Å². The highest BCUT2D eigenvalue weighted by atomic mass is 32.2. The van der Waals surface area contributed by atoms with Crippen LogP contribution in [0.3, 0.4) is 0 Å². The normalized spacial score (nSPS) is 10.8. The van der Waals surface area contributed by atoms with Crippen LogP contribution in [0.1, 0.15) is 26.5 Å². The Labute approximate surface area is 165 Å². The van der Waals surface area contributed by atoms with Crippen LogP contribution in [0.25, 0.3) is 10.9 Å². The van der Waals surface area contributed by atoms with Gasteiger partial charge >= 0.3 is 5.97 Å². The lowest BCUT2D eigenvalue weighted by Crippen LogP contribution is -2.14. The Kier molecular flexibility index (Phi) is 5.76. The highest BCUT2D eigenvalue weighted by molar-refractivity contribution is 7.99. The zero-order valence-corrected chi connectivity index (χ0v) is 17.1. The quantitative estimate of drug-likeness (QED) is 0.511. The van der Waals surface area contributed by atoms with Crippen molar-refractivity contribution in [2.24, 2.45) is 0 Å². The summed E-state index contributed by atoms with van der Waals surface area (Å²) in [5, 5.41) is 5.04. The molecule has 0 fully saturated rings. The molecule has 1 amide bonds. The molecule has 3 aromatic rings. The standard InChI is InChI=1S/C19H19N3O3S2/c1-10-6-5-7-13-11(2)8-15(22-16(10)13)26-9-14(23)21-19-20-12(3)17(27-19)18(24)25-4/h5-8H,9H2,1-4H3,(H,20,21,23). The van der Waals surface area contributed by atoms with Gasteiger partial charge in [-0.2, -0.15) is 0 Å². The molecule has 2 heterocycles. The van der Waals surface area contributed by atoms with Gasteiger partial charge in [-0.1, -0.05) is 41.3 Å². The number of methoxy groups -OCH3 is 1. The molecule has 0 radical (unpaired) electrons. The first-order valence-electron chi connectivity index (χ1n) is 8.24. The molecule has 6 nitrogen and oxygen atoms in total. The first kappa shape index (κ1) is 19.3. The molecule has 0 bridgehead atoms. The van der Waals surface area contributed by atoms with Crippen LogP contribution in [-0.4, -0.2) is 34.7 Å². The maximum Gasteiger partial charge on any atom is 0.350 e. The maximum atomic E-state index is 12.3. The number of thiazole rings is 1. The van der Waals surface area contributed by atoms with E-state index in [0.29, 0.717) is 15.7 Å². The zero-order chi connectivity index (χ0) is 19.6. The van der Waals surface area contributed by atoms with E-state index in [2.05, 4.69) is 21.4 Å². The van der Waals surface area contributed by atoms with Crippen molar-refractivity contribution in [2.75, 3.05) is 18.2 Å². The molecule has 3 rings (SSSR count). The lowest BCUT2D eigenvalue weighted by atomic mass is 10.1. The number of carbonyl (C=O) groups is 2. The van der Waals surface area contributed by atoms with Crippen LogP contribution in [0.15, 0.2) is 29.3 Å². The number of amides is 1. The van der Waals surface area contributed by atoms with Crippen molar-refractivity contribution >= 4 is 51.0 Å². The van der Waals surface area contributed by atoms with Gasteiger partial charge in [0.2, 0.25) is 5.91 Å². The van der Waals surface area contributed by atoms with Gasteiger partial charge in [-0.05, 0) is 38.0 Å².